The summed E-state index contributed by atoms with van der Waals surface area (Å²) in [6, 6.07) is 0. The number of hydrogen-bond acceptors (Lipinski definition) is 6. The molecule has 7 heteroatoms. The van der Waals surface area contributed by atoms with Crippen LogP contribution in [0.3, 0.4) is 0 Å². The van der Waals surface area contributed by atoms with E-state index in [4.69, 9.17) is 0 Å². The minimum atomic E-state index is -0.187. The van der Waals surface area contributed by atoms with Crippen LogP contribution in [0.4, 0.5) is 0 Å². The van der Waals surface area contributed by atoms with E-state index in [1.807, 2.05) is 0 Å². The number of hydrogen-bond donors (Lipinski definition) is 0. The van der Waals surface area contributed by atoms with E-state index < -0.39 is 0 Å². The second kappa shape index (κ2) is 17.6. The number of rotatable bonds is 3. The van der Waals surface area contributed by atoms with E-state index in [1.165, 1.54) is 41.5 Å². The minimum absolute atomic E-state index is 0. The van der Waals surface area contributed by atoms with Crippen molar-refractivity contribution < 1.29 is 55.5 Å². The summed E-state index contributed by atoms with van der Waals surface area (Å²) in [5.41, 5.74) is 0. The Balaban J connectivity index is -0.000000108. The molecule has 0 bridgehead atoms. The first kappa shape index (κ1) is 28.6. The first-order chi connectivity index (χ1) is 9.38. The summed E-state index contributed by atoms with van der Waals surface area (Å²) in [5, 5.41) is 29.9. The molecule has 0 rings (SSSR count). The second-order valence-electron chi connectivity index (χ2n) is 4.10. The minimum Gasteiger partial charge on any atom is -0.876 e. The average Bonchev–Trinajstić information content (AvgIpc) is 2.10. The molecule has 0 aliphatic carbocycles. The van der Waals surface area contributed by atoms with Crippen molar-refractivity contribution in [2.75, 3.05) is 0 Å². The maximum atomic E-state index is 9.98. The standard InChI is InChI=1S/3C5H8O2.Sc/c3*1-4(6)3-5(2)7;/h3*3,6H,1-2H3;/q;;;+3/p-3/b3*4-3+;. The third-order valence-corrected chi connectivity index (χ3v) is 1.22. The number of allylic oxidation sites excluding steroid dienone is 6. The van der Waals surface area contributed by atoms with Crippen molar-refractivity contribution in [2.45, 2.75) is 41.5 Å². The SMILES string of the molecule is CC(=O)/C=C(\C)[O-].CC(=O)/C=C(\C)[O-].CC(=O)/C=C(\C)[O-].[Sc+3]. The molecule has 0 aromatic rings. The van der Waals surface area contributed by atoms with Gasteiger partial charge in [-0.1, -0.05) is 20.8 Å². The molecule has 0 spiro atoms. The normalized spacial score (nSPS) is 10.9. The van der Waals surface area contributed by atoms with E-state index in [1.54, 1.807) is 0 Å². The fourth-order valence-electron chi connectivity index (χ4n) is 0.859. The van der Waals surface area contributed by atoms with Crippen LogP contribution in [-0.2, 0) is 40.2 Å². The van der Waals surface area contributed by atoms with Gasteiger partial charge in [0, 0.05) is 0 Å². The van der Waals surface area contributed by atoms with Crippen LogP contribution in [0, 0.1) is 0 Å². The van der Waals surface area contributed by atoms with Gasteiger partial charge in [0.1, 0.15) is 0 Å². The second-order valence-corrected chi connectivity index (χ2v) is 4.10. The van der Waals surface area contributed by atoms with E-state index in [0.29, 0.717) is 0 Å². The Morgan fingerprint density at radius 1 is 0.545 bits per heavy atom. The van der Waals surface area contributed by atoms with Gasteiger partial charge in [-0.05, 0) is 39.0 Å². The molecule has 0 amide bonds. The van der Waals surface area contributed by atoms with Crippen LogP contribution in [0.5, 0.6) is 0 Å². The molecule has 0 radical (unpaired) electrons. The molecular weight excluding hydrogens is 321 g/mol. The fraction of sp³-hybridized carbons (Fsp3) is 0.400. The molecule has 0 saturated heterocycles. The van der Waals surface area contributed by atoms with Gasteiger partial charge in [0.15, 0.2) is 17.3 Å². The van der Waals surface area contributed by atoms with Crippen molar-refractivity contribution in [2.24, 2.45) is 0 Å². The predicted molar refractivity (Wildman–Crippen MR) is 73.3 cm³/mol. The van der Waals surface area contributed by atoms with Crippen LogP contribution in [0.25, 0.3) is 0 Å². The molecule has 0 fully saturated rings. The van der Waals surface area contributed by atoms with E-state index in [0.717, 1.165) is 18.2 Å². The van der Waals surface area contributed by atoms with Crippen LogP contribution >= 0.6 is 0 Å². The van der Waals surface area contributed by atoms with E-state index in [2.05, 4.69) is 0 Å². The van der Waals surface area contributed by atoms with Crippen molar-refractivity contribution in [3.8, 4) is 0 Å². The van der Waals surface area contributed by atoms with Crippen LogP contribution in [0.2, 0.25) is 0 Å². The molecule has 0 heterocycles. The summed E-state index contributed by atoms with van der Waals surface area (Å²) in [4.78, 5) is 29.9. The van der Waals surface area contributed by atoms with Gasteiger partial charge in [0.05, 0.1) is 0 Å². The Hall–Kier alpha value is -1.50. The van der Waals surface area contributed by atoms with E-state index in [-0.39, 0.29) is 60.5 Å². The Bertz CT molecular complexity index is 368. The molecule has 0 aliphatic rings. The number of carbonyl (C=O) groups excluding carboxylic acids is 3. The van der Waals surface area contributed by atoms with E-state index >= 15 is 0 Å². The fourth-order valence-corrected chi connectivity index (χ4v) is 0.859. The van der Waals surface area contributed by atoms with Crippen molar-refractivity contribution in [3.63, 3.8) is 0 Å². The summed E-state index contributed by atoms with van der Waals surface area (Å²) in [6.07, 6.45) is 3.17. The van der Waals surface area contributed by atoms with Crippen LogP contribution in [0.1, 0.15) is 41.5 Å². The number of carbonyl (C=O) groups is 3. The molecule has 22 heavy (non-hydrogen) atoms. The van der Waals surface area contributed by atoms with Gasteiger partial charge in [0.25, 0.3) is 0 Å². The van der Waals surface area contributed by atoms with Gasteiger partial charge in [-0.3, -0.25) is 14.4 Å². The zero-order valence-electron chi connectivity index (χ0n) is 13.8. The zero-order valence-corrected chi connectivity index (χ0v) is 15.6. The first-order valence-corrected chi connectivity index (χ1v) is 5.96. The molecular formula is C15H21O6Sc. The van der Waals surface area contributed by atoms with Crippen molar-refractivity contribution in [3.05, 3.63) is 35.5 Å². The zero-order chi connectivity index (χ0) is 17.6. The van der Waals surface area contributed by atoms with Crippen LogP contribution < -0.4 is 15.3 Å². The van der Waals surface area contributed by atoms with Crippen LogP contribution in [-0.4, -0.2) is 17.3 Å². The Morgan fingerprint density at radius 2 is 0.682 bits per heavy atom. The Labute approximate surface area is 150 Å². The summed E-state index contributed by atoms with van der Waals surface area (Å²) in [7, 11) is 0. The summed E-state index contributed by atoms with van der Waals surface area (Å²) in [5.74, 6) is -1.12. The molecule has 0 aromatic carbocycles. The van der Waals surface area contributed by atoms with Gasteiger partial charge in [-0.2, -0.15) is 0 Å². The maximum absolute atomic E-state index is 9.98. The van der Waals surface area contributed by atoms with Gasteiger partial charge >= 0.3 is 25.8 Å². The molecule has 0 N–H and O–H groups in total. The van der Waals surface area contributed by atoms with E-state index in [9.17, 15) is 29.7 Å². The third-order valence-electron chi connectivity index (χ3n) is 1.22. The van der Waals surface area contributed by atoms with Gasteiger partial charge in [-0.25, -0.2) is 0 Å². The molecule has 0 unspecified atom stereocenters. The van der Waals surface area contributed by atoms with Gasteiger partial charge < -0.3 is 15.3 Å². The summed E-state index contributed by atoms with van der Waals surface area (Å²) in [6.45, 7) is 8.09. The summed E-state index contributed by atoms with van der Waals surface area (Å²) >= 11 is 0. The van der Waals surface area contributed by atoms with Crippen molar-refractivity contribution >= 4 is 17.3 Å². The first-order valence-electron chi connectivity index (χ1n) is 5.96. The predicted octanol–water partition coefficient (Wildman–Crippen LogP) is -0.484. The van der Waals surface area contributed by atoms with Crippen molar-refractivity contribution in [1.82, 2.24) is 0 Å². The largest absolute Gasteiger partial charge is 3.00 e. The number of ketones is 3. The van der Waals surface area contributed by atoms with Crippen molar-refractivity contribution in [1.29, 1.82) is 0 Å². The topological polar surface area (TPSA) is 120 Å². The quantitative estimate of drug-likeness (QED) is 0.504. The maximum Gasteiger partial charge on any atom is 3.00 e. The monoisotopic (exact) mass is 342 g/mol. The molecule has 0 atom stereocenters. The smallest absolute Gasteiger partial charge is 0.876 e. The van der Waals surface area contributed by atoms with Gasteiger partial charge in [0.2, 0.25) is 0 Å². The third kappa shape index (κ3) is 51.4. The molecule has 0 saturated carbocycles. The molecule has 0 aliphatic heterocycles. The van der Waals surface area contributed by atoms with Crippen LogP contribution in [0.15, 0.2) is 35.5 Å². The average molecular weight is 342 g/mol. The molecule has 0 aromatic heterocycles. The summed E-state index contributed by atoms with van der Waals surface area (Å²) < 4.78 is 0. The Morgan fingerprint density at radius 3 is 0.682 bits per heavy atom. The molecule has 120 valence electrons. The van der Waals surface area contributed by atoms with Gasteiger partial charge in [-0.15, -0.1) is 17.3 Å². The molecule has 6 nitrogen and oxygen atoms in total. The Kier molecular flexibility index (Phi) is 22.8.